The molecule has 0 saturated carbocycles. The maximum Gasteiger partial charge on any atom is 0.253 e. The number of nitrogen functional groups attached to an aromatic ring is 1. The monoisotopic (exact) mass is 314 g/mol. The number of rotatable bonds is 6. The fourth-order valence-electron chi connectivity index (χ4n) is 2.40. The molecule has 1 aliphatic rings. The second-order valence-electron chi connectivity index (χ2n) is 5.10. The van der Waals surface area contributed by atoms with E-state index in [0.29, 0.717) is 37.0 Å². The Labute approximate surface area is 131 Å². The number of halogens is 1. The number of carbonyl (C=O) groups excluding carboxylic acids is 1. The first-order chi connectivity index (χ1) is 9.70. The first kappa shape index (κ1) is 17.8. The van der Waals surface area contributed by atoms with Crippen LogP contribution in [-0.2, 0) is 9.47 Å². The lowest BCUT2D eigenvalue weighted by molar-refractivity contribution is 0.0515. The number of anilines is 1. The minimum absolute atomic E-state index is 0. The maximum atomic E-state index is 12.3. The Morgan fingerprint density at radius 3 is 2.95 bits per heavy atom. The highest BCUT2D eigenvalue weighted by Gasteiger charge is 2.26. The van der Waals surface area contributed by atoms with E-state index in [1.807, 2.05) is 11.0 Å². The summed E-state index contributed by atoms with van der Waals surface area (Å²) in [4.78, 5) is 14.2. The molecule has 0 spiro atoms. The van der Waals surface area contributed by atoms with Crippen LogP contribution in [0.5, 0.6) is 0 Å². The molecular formula is C15H23ClN2O3. The van der Waals surface area contributed by atoms with Gasteiger partial charge in [0, 0.05) is 37.4 Å². The van der Waals surface area contributed by atoms with Crippen molar-refractivity contribution in [2.75, 3.05) is 45.8 Å². The van der Waals surface area contributed by atoms with E-state index in [4.69, 9.17) is 15.2 Å². The van der Waals surface area contributed by atoms with E-state index in [1.165, 1.54) is 0 Å². The molecule has 1 fully saturated rings. The summed E-state index contributed by atoms with van der Waals surface area (Å²) >= 11 is 0. The lowest BCUT2D eigenvalue weighted by Gasteiger charge is -2.17. The molecule has 118 valence electrons. The van der Waals surface area contributed by atoms with Gasteiger partial charge in [0.2, 0.25) is 0 Å². The summed E-state index contributed by atoms with van der Waals surface area (Å²) < 4.78 is 10.5. The summed E-state index contributed by atoms with van der Waals surface area (Å²) in [7, 11) is 1.66. The van der Waals surface area contributed by atoms with Gasteiger partial charge in [-0.1, -0.05) is 6.07 Å². The number of methoxy groups -OCH3 is 1. The summed E-state index contributed by atoms with van der Waals surface area (Å²) in [5, 5.41) is 0. The Bertz CT molecular complexity index is 456. The predicted molar refractivity (Wildman–Crippen MR) is 84.8 cm³/mol. The summed E-state index contributed by atoms with van der Waals surface area (Å²) in [5.41, 5.74) is 6.99. The Morgan fingerprint density at radius 2 is 2.24 bits per heavy atom. The lowest BCUT2D eigenvalue weighted by Crippen LogP contribution is -2.29. The SMILES string of the molecule is COCCOCC1CCN(C(=O)c2cccc(N)c2)C1.Cl. The molecule has 1 aliphatic heterocycles. The first-order valence-electron chi connectivity index (χ1n) is 6.92. The van der Waals surface area contributed by atoms with Crippen LogP contribution in [0.25, 0.3) is 0 Å². The predicted octanol–water partition coefficient (Wildman–Crippen LogP) is 1.82. The normalized spacial score (nSPS) is 17.6. The van der Waals surface area contributed by atoms with E-state index in [1.54, 1.807) is 25.3 Å². The molecule has 0 bridgehead atoms. The molecule has 1 aromatic carbocycles. The molecule has 1 aromatic rings. The Kier molecular flexibility index (Phi) is 7.50. The van der Waals surface area contributed by atoms with Crippen LogP contribution >= 0.6 is 12.4 Å². The van der Waals surface area contributed by atoms with Crippen molar-refractivity contribution in [3.8, 4) is 0 Å². The molecule has 1 saturated heterocycles. The van der Waals surface area contributed by atoms with Gasteiger partial charge in [-0.15, -0.1) is 12.4 Å². The van der Waals surface area contributed by atoms with Gasteiger partial charge in [-0.3, -0.25) is 4.79 Å². The van der Waals surface area contributed by atoms with Gasteiger partial charge in [0.05, 0.1) is 19.8 Å². The van der Waals surface area contributed by atoms with Gasteiger partial charge in [-0.05, 0) is 24.6 Å². The van der Waals surface area contributed by atoms with Gasteiger partial charge in [0.15, 0.2) is 0 Å². The number of ether oxygens (including phenoxy) is 2. The average molecular weight is 315 g/mol. The largest absolute Gasteiger partial charge is 0.399 e. The van der Waals surface area contributed by atoms with Crippen LogP contribution < -0.4 is 5.73 Å². The van der Waals surface area contributed by atoms with Crippen LogP contribution in [0.4, 0.5) is 5.69 Å². The van der Waals surface area contributed by atoms with Gasteiger partial charge >= 0.3 is 0 Å². The van der Waals surface area contributed by atoms with Crippen LogP contribution in [0.15, 0.2) is 24.3 Å². The van der Waals surface area contributed by atoms with Crippen molar-refractivity contribution in [1.29, 1.82) is 0 Å². The smallest absolute Gasteiger partial charge is 0.253 e. The quantitative estimate of drug-likeness (QED) is 0.642. The third-order valence-electron chi connectivity index (χ3n) is 3.49. The summed E-state index contributed by atoms with van der Waals surface area (Å²) in [6.07, 6.45) is 0.987. The van der Waals surface area contributed by atoms with E-state index < -0.39 is 0 Å². The van der Waals surface area contributed by atoms with Gasteiger partial charge in [0.25, 0.3) is 5.91 Å². The number of likely N-dealkylation sites (tertiary alicyclic amines) is 1. The molecule has 6 heteroatoms. The van der Waals surface area contributed by atoms with Crippen molar-refractivity contribution in [3.05, 3.63) is 29.8 Å². The lowest BCUT2D eigenvalue weighted by atomic mass is 10.1. The van der Waals surface area contributed by atoms with Crippen molar-refractivity contribution in [3.63, 3.8) is 0 Å². The number of benzene rings is 1. The molecule has 0 aliphatic carbocycles. The van der Waals surface area contributed by atoms with Gasteiger partial charge in [-0.25, -0.2) is 0 Å². The molecule has 1 atom stereocenters. The third-order valence-corrected chi connectivity index (χ3v) is 3.49. The molecule has 0 aromatic heterocycles. The van der Waals surface area contributed by atoms with E-state index in [0.717, 1.165) is 19.5 Å². The van der Waals surface area contributed by atoms with Crippen molar-refractivity contribution in [2.24, 2.45) is 5.92 Å². The van der Waals surface area contributed by atoms with Crippen molar-refractivity contribution in [1.82, 2.24) is 4.90 Å². The Balaban J connectivity index is 0.00000220. The van der Waals surface area contributed by atoms with Crippen LogP contribution in [0.3, 0.4) is 0 Å². The number of nitrogens with zero attached hydrogens (tertiary/aromatic N) is 1. The molecule has 2 N–H and O–H groups in total. The zero-order chi connectivity index (χ0) is 14.4. The van der Waals surface area contributed by atoms with Crippen LogP contribution in [0.1, 0.15) is 16.8 Å². The highest BCUT2D eigenvalue weighted by Crippen LogP contribution is 2.19. The van der Waals surface area contributed by atoms with Crippen LogP contribution in [0.2, 0.25) is 0 Å². The van der Waals surface area contributed by atoms with E-state index in [9.17, 15) is 4.79 Å². The van der Waals surface area contributed by atoms with Crippen molar-refractivity contribution < 1.29 is 14.3 Å². The highest BCUT2D eigenvalue weighted by molar-refractivity contribution is 5.95. The minimum atomic E-state index is 0. The Hall–Kier alpha value is -1.30. The molecule has 5 nitrogen and oxygen atoms in total. The second-order valence-corrected chi connectivity index (χ2v) is 5.10. The molecule has 21 heavy (non-hydrogen) atoms. The minimum Gasteiger partial charge on any atom is -0.399 e. The van der Waals surface area contributed by atoms with Crippen molar-refractivity contribution >= 4 is 24.0 Å². The molecule has 0 radical (unpaired) electrons. The maximum absolute atomic E-state index is 12.3. The highest BCUT2D eigenvalue weighted by atomic mass is 35.5. The van der Waals surface area contributed by atoms with E-state index in [-0.39, 0.29) is 18.3 Å². The Morgan fingerprint density at radius 1 is 1.43 bits per heavy atom. The first-order valence-corrected chi connectivity index (χ1v) is 6.92. The molecule has 1 amide bonds. The standard InChI is InChI=1S/C15H22N2O3.ClH/c1-19-7-8-20-11-12-5-6-17(10-12)15(18)13-3-2-4-14(16)9-13;/h2-4,9,12H,5-8,10-11,16H2,1H3;1H. The zero-order valence-electron chi connectivity index (χ0n) is 12.3. The summed E-state index contributed by atoms with van der Waals surface area (Å²) in [6, 6.07) is 7.13. The number of carbonyl (C=O) groups is 1. The molecule has 1 unspecified atom stereocenters. The summed E-state index contributed by atoms with van der Waals surface area (Å²) in [6.45, 7) is 3.44. The van der Waals surface area contributed by atoms with Crippen LogP contribution in [0, 0.1) is 5.92 Å². The number of hydrogen-bond acceptors (Lipinski definition) is 4. The molecular weight excluding hydrogens is 292 g/mol. The average Bonchev–Trinajstić information content (AvgIpc) is 2.91. The van der Waals surface area contributed by atoms with Gasteiger partial charge in [-0.2, -0.15) is 0 Å². The third kappa shape index (κ3) is 5.19. The molecule has 1 heterocycles. The van der Waals surface area contributed by atoms with Gasteiger partial charge < -0.3 is 20.1 Å². The van der Waals surface area contributed by atoms with Crippen LogP contribution in [-0.4, -0.2) is 50.8 Å². The van der Waals surface area contributed by atoms with Crippen molar-refractivity contribution in [2.45, 2.75) is 6.42 Å². The number of nitrogens with two attached hydrogens (primary N) is 1. The van der Waals surface area contributed by atoms with Gasteiger partial charge in [0.1, 0.15) is 0 Å². The zero-order valence-corrected chi connectivity index (χ0v) is 13.1. The summed E-state index contributed by atoms with van der Waals surface area (Å²) in [5.74, 6) is 0.466. The number of amides is 1. The topological polar surface area (TPSA) is 64.8 Å². The second kappa shape index (κ2) is 8.87. The van der Waals surface area contributed by atoms with E-state index >= 15 is 0 Å². The fourth-order valence-corrected chi connectivity index (χ4v) is 2.40. The molecule has 2 rings (SSSR count). The number of hydrogen-bond donors (Lipinski definition) is 1. The fraction of sp³-hybridized carbons (Fsp3) is 0.533. The van der Waals surface area contributed by atoms with E-state index in [2.05, 4.69) is 0 Å².